The van der Waals surface area contributed by atoms with Crippen LogP contribution in [0.3, 0.4) is 0 Å². The van der Waals surface area contributed by atoms with Gasteiger partial charge in [-0.15, -0.1) is 0 Å². The molecule has 0 saturated carbocycles. The smallest absolute Gasteiger partial charge is 0.131 e. The molecule has 2 N–H and O–H groups in total. The lowest BCUT2D eigenvalue weighted by atomic mass is 10.1. The molecule has 4 heteroatoms. The quantitative estimate of drug-likeness (QED) is 0.812. The van der Waals surface area contributed by atoms with Gasteiger partial charge in [0.15, 0.2) is 0 Å². The third-order valence-electron chi connectivity index (χ3n) is 3.33. The second-order valence-electron chi connectivity index (χ2n) is 4.37. The van der Waals surface area contributed by atoms with Gasteiger partial charge < -0.3 is 15.0 Å². The topological polar surface area (TPSA) is 53.1 Å². The molecule has 0 fully saturated rings. The number of ether oxygens (including phenoxy) is 1. The molecule has 2 heterocycles. The van der Waals surface area contributed by atoms with Gasteiger partial charge in [-0.2, -0.15) is 0 Å². The van der Waals surface area contributed by atoms with Crippen LogP contribution in [0, 0.1) is 6.92 Å². The molecule has 2 aromatic rings. The fourth-order valence-electron chi connectivity index (χ4n) is 2.17. The molecule has 1 aliphatic rings. The van der Waals surface area contributed by atoms with Crippen LogP contribution in [-0.4, -0.2) is 16.2 Å². The molecule has 3 rings (SSSR count). The van der Waals surface area contributed by atoms with Gasteiger partial charge in [0.1, 0.15) is 23.1 Å². The SMILES string of the molecule is Cc1nc(-c2ccc3c(c2)CCO3)c(N)n1C. The number of nitrogens with two attached hydrogens (primary N) is 1. The average Bonchev–Trinajstić information content (AvgIpc) is 2.89. The van der Waals surface area contributed by atoms with E-state index < -0.39 is 0 Å². The molecule has 0 spiro atoms. The molecular weight excluding hydrogens is 214 g/mol. The molecule has 1 aliphatic heterocycles. The molecule has 0 amide bonds. The van der Waals surface area contributed by atoms with Gasteiger partial charge in [0.25, 0.3) is 0 Å². The van der Waals surface area contributed by atoms with Gasteiger partial charge in [0.05, 0.1) is 6.61 Å². The fraction of sp³-hybridized carbons (Fsp3) is 0.308. The number of hydrogen-bond donors (Lipinski definition) is 1. The largest absolute Gasteiger partial charge is 0.493 e. The Morgan fingerprint density at radius 2 is 2.24 bits per heavy atom. The summed E-state index contributed by atoms with van der Waals surface area (Å²) in [6, 6.07) is 6.14. The van der Waals surface area contributed by atoms with Crippen molar-refractivity contribution in [3.8, 4) is 17.0 Å². The average molecular weight is 229 g/mol. The summed E-state index contributed by atoms with van der Waals surface area (Å²) in [5.41, 5.74) is 9.22. The van der Waals surface area contributed by atoms with Crippen LogP contribution in [0.5, 0.6) is 5.75 Å². The summed E-state index contributed by atoms with van der Waals surface area (Å²) in [5, 5.41) is 0. The van der Waals surface area contributed by atoms with E-state index in [2.05, 4.69) is 11.1 Å². The first-order chi connectivity index (χ1) is 8.16. The van der Waals surface area contributed by atoms with E-state index in [0.29, 0.717) is 5.82 Å². The van der Waals surface area contributed by atoms with E-state index in [0.717, 1.165) is 35.9 Å². The molecule has 0 atom stereocenters. The molecular formula is C13H15N3O. The van der Waals surface area contributed by atoms with E-state index in [4.69, 9.17) is 10.5 Å². The number of aromatic nitrogens is 2. The highest BCUT2D eigenvalue weighted by Gasteiger charge is 2.16. The summed E-state index contributed by atoms with van der Waals surface area (Å²) >= 11 is 0. The van der Waals surface area contributed by atoms with Crippen LogP contribution in [0.25, 0.3) is 11.3 Å². The highest BCUT2D eigenvalue weighted by Crippen LogP contribution is 2.32. The first kappa shape index (κ1) is 10.2. The molecule has 1 aromatic heterocycles. The third-order valence-corrected chi connectivity index (χ3v) is 3.33. The molecule has 1 aromatic carbocycles. The summed E-state index contributed by atoms with van der Waals surface area (Å²) < 4.78 is 7.39. The zero-order valence-corrected chi connectivity index (χ0v) is 10.0. The monoisotopic (exact) mass is 229 g/mol. The zero-order chi connectivity index (χ0) is 12.0. The van der Waals surface area contributed by atoms with Crippen molar-refractivity contribution in [2.75, 3.05) is 12.3 Å². The number of aryl methyl sites for hydroxylation is 1. The van der Waals surface area contributed by atoms with Crippen molar-refractivity contribution < 1.29 is 4.74 Å². The van der Waals surface area contributed by atoms with Crippen molar-refractivity contribution >= 4 is 5.82 Å². The third kappa shape index (κ3) is 1.48. The van der Waals surface area contributed by atoms with Crippen molar-refractivity contribution in [2.24, 2.45) is 7.05 Å². The van der Waals surface area contributed by atoms with Crippen LogP contribution >= 0.6 is 0 Å². The predicted molar refractivity (Wildman–Crippen MR) is 67.0 cm³/mol. The van der Waals surface area contributed by atoms with E-state index in [1.165, 1.54) is 5.56 Å². The Hall–Kier alpha value is -1.97. The Morgan fingerprint density at radius 1 is 1.41 bits per heavy atom. The van der Waals surface area contributed by atoms with Crippen LogP contribution in [0.1, 0.15) is 11.4 Å². The molecule has 88 valence electrons. The summed E-state index contributed by atoms with van der Waals surface area (Å²) in [6.07, 6.45) is 0.967. The van der Waals surface area contributed by atoms with Crippen LogP contribution in [-0.2, 0) is 13.5 Å². The Bertz CT molecular complexity index is 587. The second kappa shape index (κ2) is 3.52. The lowest BCUT2D eigenvalue weighted by Crippen LogP contribution is -1.98. The molecule has 17 heavy (non-hydrogen) atoms. The highest BCUT2D eigenvalue weighted by atomic mass is 16.5. The van der Waals surface area contributed by atoms with E-state index in [9.17, 15) is 0 Å². The van der Waals surface area contributed by atoms with Crippen molar-refractivity contribution in [2.45, 2.75) is 13.3 Å². The zero-order valence-electron chi connectivity index (χ0n) is 10.0. The minimum atomic E-state index is 0.710. The number of fused-ring (bicyclic) bond motifs is 1. The minimum Gasteiger partial charge on any atom is -0.493 e. The maximum atomic E-state index is 6.05. The Kier molecular flexibility index (Phi) is 2.11. The first-order valence-corrected chi connectivity index (χ1v) is 5.71. The van der Waals surface area contributed by atoms with Gasteiger partial charge in [-0.05, 0) is 30.7 Å². The Morgan fingerprint density at radius 3 is 2.94 bits per heavy atom. The van der Waals surface area contributed by atoms with Crippen LogP contribution in [0.15, 0.2) is 18.2 Å². The van der Waals surface area contributed by atoms with Gasteiger partial charge >= 0.3 is 0 Å². The van der Waals surface area contributed by atoms with E-state index >= 15 is 0 Å². The fourth-order valence-corrected chi connectivity index (χ4v) is 2.17. The number of benzene rings is 1. The number of anilines is 1. The summed E-state index contributed by atoms with van der Waals surface area (Å²) in [4.78, 5) is 4.50. The predicted octanol–water partition coefficient (Wildman–Crippen LogP) is 1.91. The molecule has 0 aliphatic carbocycles. The normalized spacial score (nSPS) is 13.5. The number of hydrogen-bond acceptors (Lipinski definition) is 3. The van der Waals surface area contributed by atoms with Gasteiger partial charge in [0.2, 0.25) is 0 Å². The van der Waals surface area contributed by atoms with Gasteiger partial charge in [-0.3, -0.25) is 0 Å². The summed E-state index contributed by atoms with van der Waals surface area (Å²) in [6.45, 7) is 2.73. The van der Waals surface area contributed by atoms with Gasteiger partial charge in [0, 0.05) is 19.0 Å². The van der Waals surface area contributed by atoms with Crippen LogP contribution < -0.4 is 10.5 Å². The van der Waals surface area contributed by atoms with Crippen LogP contribution in [0.4, 0.5) is 5.82 Å². The van der Waals surface area contributed by atoms with Gasteiger partial charge in [-0.25, -0.2) is 4.98 Å². The first-order valence-electron chi connectivity index (χ1n) is 5.71. The summed E-state index contributed by atoms with van der Waals surface area (Å²) in [5.74, 6) is 2.62. The second-order valence-corrected chi connectivity index (χ2v) is 4.37. The van der Waals surface area contributed by atoms with Crippen molar-refractivity contribution in [3.63, 3.8) is 0 Å². The standard InChI is InChI=1S/C13H15N3O/c1-8-15-12(13(14)16(8)2)10-3-4-11-9(7-10)5-6-17-11/h3-4,7H,5-6,14H2,1-2H3. The molecule has 0 unspecified atom stereocenters. The number of rotatable bonds is 1. The van der Waals surface area contributed by atoms with E-state index in [1.54, 1.807) is 0 Å². The number of nitrogens with zero attached hydrogens (tertiary/aromatic N) is 2. The van der Waals surface area contributed by atoms with Gasteiger partial charge in [-0.1, -0.05) is 0 Å². The van der Waals surface area contributed by atoms with Crippen molar-refractivity contribution in [1.82, 2.24) is 9.55 Å². The highest BCUT2D eigenvalue weighted by molar-refractivity contribution is 5.72. The van der Waals surface area contributed by atoms with E-state index in [1.807, 2.05) is 30.7 Å². The molecule has 0 radical (unpaired) electrons. The van der Waals surface area contributed by atoms with Crippen LogP contribution in [0.2, 0.25) is 0 Å². The lowest BCUT2D eigenvalue weighted by Gasteiger charge is -2.03. The van der Waals surface area contributed by atoms with Crippen molar-refractivity contribution in [3.05, 3.63) is 29.6 Å². The maximum absolute atomic E-state index is 6.05. The summed E-state index contributed by atoms with van der Waals surface area (Å²) in [7, 11) is 1.93. The molecule has 4 nitrogen and oxygen atoms in total. The molecule has 0 saturated heterocycles. The van der Waals surface area contributed by atoms with E-state index in [-0.39, 0.29) is 0 Å². The van der Waals surface area contributed by atoms with Crippen molar-refractivity contribution in [1.29, 1.82) is 0 Å². The number of nitrogen functional groups attached to an aromatic ring is 1. The molecule has 0 bridgehead atoms. The Balaban J connectivity index is 2.12. The lowest BCUT2D eigenvalue weighted by molar-refractivity contribution is 0.357. The Labute approximate surface area is 100 Å². The minimum absolute atomic E-state index is 0.710. The maximum Gasteiger partial charge on any atom is 0.131 e. The number of imidazole rings is 1.